The zero-order valence-electron chi connectivity index (χ0n) is 15.5. The maximum Gasteiger partial charge on any atom is 0.258 e. The van der Waals surface area contributed by atoms with Crippen molar-refractivity contribution in [3.05, 3.63) is 58.3 Å². The van der Waals surface area contributed by atoms with Gasteiger partial charge in [-0.1, -0.05) is 25.5 Å². The number of rotatable bonds is 5. The lowest BCUT2D eigenvalue weighted by atomic mass is 10.0. The molecular formula is C20H22BrFN2O3S. The van der Waals surface area contributed by atoms with Crippen molar-refractivity contribution in [2.24, 2.45) is 0 Å². The van der Waals surface area contributed by atoms with Crippen molar-refractivity contribution >= 4 is 37.5 Å². The minimum atomic E-state index is -3.80. The predicted molar refractivity (Wildman–Crippen MR) is 110 cm³/mol. The first-order chi connectivity index (χ1) is 13.3. The van der Waals surface area contributed by atoms with E-state index < -0.39 is 21.7 Å². The molecule has 3 rings (SSSR count). The lowest BCUT2D eigenvalue weighted by molar-refractivity contribution is 0.102. The van der Waals surface area contributed by atoms with Crippen LogP contribution in [0.15, 0.2) is 51.8 Å². The number of hydrogen-bond acceptors (Lipinski definition) is 3. The zero-order chi connectivity index (χ0) is 20.3. The molecule has 1 aliphatic rings. The summed E-state index contributed by atoms with van der Waals surface area (Å²) in [6.07, 6.45) is 3.32. The summed E-state index contributed by atoms with van der Waals surface area (Å²) in [7, 11) is -3.80. The van der Waals surface area contributed by atoms with Gasteiger partial charge in [0.2, 0.25) is 10.0 Å². The fraction of sp³-hybridized carbons (Fsp3) is 0.350. The van der Waals surface area contributed by atoms with Crippen molar-refractivity contribution in [1.82, 2.24) is 4.31 Å². The van der Waals surface area contributed by atoms with Gasteiger partial charge >= 0.3 is 0 Å². The monoisotopic (exact) mass is 468 g/mol. The first-order valence-electron chi connectivity index (χ1n) is 9.22. The first kappa shape index (κ1) is 21.0. The molecule has 0 unspecified atom stereocenters. The van der Waals surface area contributed by atoms with Crippen LogP contribution in [0.25, 0.3) is 0 Å². The fourth-order valence-electron chi connectivity index (χ4n) is 3.42. The maximum absolute atomic E-state index is 14.3. The van der Waals surface area contributed by atoms with Gasteiger partial charge in [0.05, 0.1) is 16.1 Å². The fourth-order valence-corrected chi connectivity index (χ4v) is 5.60. The Morgan fingerprint density at radius 1 is 1.25 bits per heavy atom. The van der Waals surface area contributed by atoms with Crippen molar-refractivity contribution in [3.8, 4) is 0 Å². The van der Waals surface area contributed by atoms with E-state index in [1.807, 2.05) is 6.92 Å². The summed E-state index contributed by atoms with van der Waals surface area (Å²) in [4.78, 5) is 12.5. The largest absolute Gasteiger partial charge is 0.321 e. The summed E-state index contributed by atoms with van der Waals surface area (Å²) >= 11 is 3.32. The lowest BCUT2D eigenvalue weighted by Gasteiger charge is -2.34. The molecule has 1 N–H and O–H groups in total. The molecule has 2 aromatic carbocycles. The highest BCUT2D eigenvalue weighted by atomic mass is 79.9. The number of amides is 1. The highest BCUT2D eigenvalue weighted by molar-refractivity contribution is 9.10. The molecule has 1 atom stereocenters. The third-order valence-electron chi connectivity index (χ3n) is 4.96. The molecule has 0 radical (unpaired) electrons. The molecule has 2 aromatic rings. The third-order valence-corrected chi connectivity index (χ3v) is 7.59. The summed E-state index contributed by atoms with van der Waals surface area (Å²) in [5.41, 5.74) is 0.170. The summed E-state index contributed by atoms with van der Waals surface area (Å²) in [5, 5.41) is 2.61. The third kappa shape index (κ3) is 4.29. The summed E-state index contributed by atoms with van der Waals surface area (Å²) in [6, 6.07) is 10.2. The van der Waals surface area contributed by atoms with Gasteiger partial charge in [0.25, 0.3) is 5.91 Å². The number of nitrogens with zero attached hydrogens (tertiary/aromatic N) is 1. The Morgan fingerprint density at radius 2 is 2.00 bits per heavy atom. The van der Waals surface area contributed by atoms with Crippen LogP contribution < -0.4 is 5.32 Å². The van der Waals surface area contributed by atoms with Gasteiger partial charge in [-0.3, -0.25) is 4.79 Å². The Bertz CT molecular complexity index is 981. The van der Waals surface area contributed by atoms with Crippen LogP contribution in [0, 0.1) is 5.82 Å². The highest BCUT2D eigenvalue weighted by Gasteiger charge is 2.33. The van der Waals surface area contributed by atoms with Gasteiger partial charge in [0, 0.05) is 17.1 Å². The Morgan fingerprint density at radius 3 is 2.71 bits per heavy atom. The van der Waals surface area contributed by atoms with E-state index in [1.165, 1.54) is 10.4 Å². The lowest BCUT2D eigenvalue weighted by Crippen LogP contribution is -2.43. The topological polar surface area (TPSA) is 66.5 Å². The van der Waals surface area contributed by atoms with Gasteiger partial charge in [0.15, 0.2) is 0 Å². The van der Waals surface area contributed by atoms with Crippen LogP contribution >= 0.6 is 15.9 Å². The number of para-hydroxylation sites is 1. The molecule has 0 aliphatic carbocycles. The van der Waals surface area contributed by atoms with E-state index in [0.29, 0.717) is 16.7 Å². The second kappa shape index (κ2) is 8.71. The molecule has 0 aromatic heterocycles. The number of sulfonamides is 1. The zero-order valence-corrected chi connectivity index (χ0v) is 17.9. The number of piperidine rings is 1. The Labute approximate surface area is 173 Å². The number of hydrogen-bond donors (Lipinski definition) is 1. The summed E-state index contributed by atoms with van der Waals surface area (Å²) < 4.78 is 42.7. The van der Waals surface area contributed by atoms with Crippen LogP contribution in [0.4, 0.5) is 10.1 Å². The van der Waals surface area contributed by atoms with Crippen LogP contribution in [0.2, 0.25) is 0 Å². The molecule has 1 aliphatic heterocycles. The SMILES string of the molecule is CC[C@H]1CCCCN1S(=O)(=O)c1ccc(F)c(C(=O)Nc2ccccc2Br)c1. The van der Waals surface area contributed by atoms with Gasteiger partial charge in [-0.15, -0.1) is 0 Å². The van der Waals surface area contributed by atoms with Crippen molar-refractivity contribution in [1.29, 1.82) is 0 Å². The first-order valence-corrected chi connectivity index (χ1v) is 11.4. The Kier molecular flexibility index (Phi) is 6.52. The number of anilines is 1. The van der Waals surface area contributed by atoms with E-state index in [0.717, 1.165) is 37.8 Å². The summed E-state index contributed by atoms with van der Waals surface area (Å²) in [5.74, 6) is -1.47. The molecule has 0 spiro atoms. The maximum atomic E-state index is 14.3. The van der Waals surface area contributed by atoms with E-state index in [4.69, 9.17) is 0 Å². The van der Waals surface area contributed by atoms with E-state index in [9.17, 15) is 17.6 Å². The molecule has 0 bridgehead atoms. The van der Waals surface area contributed by atoms with E-state index in [-0.39, 0.29) is 16.5 Å². The van der Waals surface area contributed by atoms with Crippen molar-refractivity contribution < 1.29 is 17.6 Å². The molecule has 1 saturated heterocycles. The second-order valence-corrected chi connectivity index (χ2v) is 9.49. The standard InChI is InChI=1S/C20H22BrFN2O3S/c1-2-14-7-5-6-12-24(14)28(26,27)15-10-11-18(22)16(13-15)20(25)23-19-9-4-3-8-17(19)21/h3-4,8-11,13-14H,2,5-7,12H2,1H3,(H,23,25)/t14-/m0/s1. The van der Waals surface area contributed by atoms with Crippen LogP contribution in [-0.2, 0) is 10.0 Å². The van der Waals surface area contributed by atoms with Gasteiger partial charge in [-0.25, -0.2) is 12.8 Å². The number of benzene rings is 2. The second-order valence-electron chi connectivity index (χ2n) is 6.75. The van der Waals surface area contributed by atoms with E-state index in [1.54, 1.807) is 24.3 Å². The van der Waals surface area contributed by atoms with E-state index in [2.05, 4.69) is 21.2 Å². The molecule has 8 heteroatoms. The normalized spacial score (nSPS) is 18.0. The summed E-state index contributed by atoms with van der Waals surface area (Å²) in [6.45, 7) is 2.40. The number of carbonyl (C=O) groups is 1. The predicted octanol–water partition coefficient (Wildman–Crippen LogP) is 4.79. The molecule has 28 heavy (non-hydrogen) atoms. The van der Waals surface area contributed by atoms with Crippen LogP contribution in [-0.4, -0.2) is 31.2 Å². The van der Waals surface area contributed by atoms with E-state index >= 15 is 0 Å². The van der Waals surface area contributed by atoms with Crippen LogP contribution in [0.3, 0.4) is 0 Å². The van der Waals surface area contributed by atoms with Crippen molar-refractivity contribution in [2.45, 2.75) is 43.5 Å². The molecule has 150 valence electrons. The van der Waals surface area contributed by atoms with Crippen molar-refractivity contribution in [3.63, 3.8) is 0 Å². The number of carbonyl (C=O) groups excluding carboxylic acids is 1. The molecule has 0 saturated carbocycles. The average molecular weight is 469 g/mol. The van der Waals surface area contributed by atoms with Crippen LogP contribution in [0.1, 0.15) is 43.0 Å². The van der Waals surface area contributed by atoms with Gasteiger partial charge < -0.3 is 5.32 Å². The number of halogens is 2. The van der Waals surface area contributed by atoms with Crippen LogP contribution in [0.5, 0.6) is 0 Å². The smallest absolute Gasteiger partial charge is 0.258 e. The quantitative estimate of drug-likeness (QED) is 0.685. The molecule has 1 fully saturated rings. The molecule has 1 heterocycles. The average Bonchev–Trinajstić information content (AvgIpc) is 2.69. The van der Waals surface area contributed by atoms with Gasteiger partial charge in [-0.2, -0.15) is 4.31 Å². The highest BCUT2D eigenvalue weighted by Crippen LogP contribution is 2.28. The Hall–Kier alpha value is -1.77. The van der Waals surface area contributed by atoms with Crippen molar-refractivity contribution in [2.75, 3.05) is 11.9 Å². The molecular weight excluding hydrogens is 447 g/mol. The Balaban J connectivity index is 1.92. The van der Waals surface area contributed by atoms with Gasteiger partial charge in [-0.05, 0) is 65.5 Å². The molecule has 5 nitrogen and oxygen atoms in total. The molecule has 1 amide bonds. The number of nitrogens with one attached hydrogen (secondary N) is 1. The minimum absolute atomic E-state index is 0.0634. The van der Waals surface area contributed by atoms with Gasteiger partial charge in [0.1, 0.15) is 5.82 Å². The minimum Gasteiger partial charge on any atom is -0.321 e.